The van der Waals surface area contributed by atoms with Crippen molar-refractivity contribution in [2.24, 2.45) is 29.6 Å². The van der Waals surface area contributed by atoms with Gasteiger partial charge in [0.05, 0.1) is 5.92 Å². The normalized spacial score (nSPS) is 29.5. The molecule has 1 heterocycles. The van der Waals surface area contributed by atoms with E-state index in [2.05, 4.69) is 26.1 Å². The molecule has 2 fully saturated rings. The monoisotopic (exact) mass is 307 g/mol. The van der Waals surface area contributed by atoms with Crippen LogP contribution in [0.1, 0.15) is 78.6 Å². The lowest BCUT2D eigenvalue weighted by Crippen LogP contribution is -2.27. The number of fused-ring (bicyclic) bond motifs is 1. The fraction of sp³-hybridized carbons (Fsp3) is 0.895. The van der Waals surface area contributed by atoms with E-state index in [1.54, 1.807) is 0 Å². The second-order valence-corrected chi connectivity index (χ2v) is 8.11. The maximum atomic E-state index is 11.8. The molecule has 1 aliphatic heterocycles. The largest absolute Gasteiger partial charge is 0.296 e. The van der Waals surface area contributed by atoms with Gasteiger partial charge < -0.3 is 0 Å². The van der Waals surface area contributed by atoms with Crippen LogP contribution >= 0.6 is 0 Å². The third-order valence-electron chi connectivity index (χ3n) is 5.67. The summed E-state index contributed by atoms with van der Waals surface area (Å²) in [5.41, 5.74) is 0. The highest BCUT2D eigenvalue weighted by Crippen LogP contribution is 2.39. The van der Waals surface area contributed by atoms with Crippen molar-refractivity contribution in [1.29, 1.82) is 0 Å². The molecule has 2 rings (SSSR count). The maximum absolute atomic E-state index is 11.8. The van der Waals surface area contributed by atoms with Gasteiger partial charge in [0.2, 0.25) is 11.8 Å². The van der Waals surface area contributed by atoms with Crippen molar-refractivity contribution in [2.75, 3.05) is 0 Å². The minimum absolute atomic E-state index is 0.0123. The molecule has 1 aliphatic carbocycles. The lowest BCUT2D eigenvalue weighted by atomic mass is 9.73. The molecule has 0 aromatic rings. The first-order valence-electron chi connectivity index (χ1n) is 9.32. The Morgan fingerprint density at radius 1 is 0.955 bits per heavy atom. The summed E-state index contributed by atoms with van der Waals surface area (Å²) >= 11 is 0. The first-order valence-corrected chi connectivity index (χ1v) is 9.32. The average Bonchev–Trinajstić information content (AvgIpc) is 2.73. The number of carbonyl (C=O) groups is 2. The average molecular weight is 307 g/mol. The number of rotatable bonds is 8. The predicted molar refractivity (Wildman–Crippen MR) is 89.2 cm³/mol. The maximum Gasteiger partial charge on any atom is 0.230 e. The summed E-state index contributed by atoms with van der Waals surface area (Å²) in [7, 11) is 0. The molecule has 0 aromatic carbocycles. The molecule has 126 valence electrons. The number of imide groups is 1. The molecule has 4 atom stereocenters. The molecule has 0 bridgehead atoms. The van der Waals surface area contributed by atoms with Gasteiger partial charge in [-0.2, -0.15) is 0 Å². The molecule has 0 radical (unpaired) electrons. The minimum atomic E-state index is -0.0211. The number of hydrogen-bond acceptors (Lipinski definition) is 2. The van der Waals surface area contributed by atoms with Gasteiger partial charge in [-0.3, -0.25) is 14.9 Å². The van der Waals surface area contributed by atoms with Crippen molar-refractivity contribution >= 4 is 11.8 Å². The quantitative estimate of drug-likeness (QED) is 0.679. The van der Waals surface area contributed by atoms with Crippen molar-refractivity contribution in [3.8, 4) is 0 Å². The van der Waals surface area contributed by atoms with E-state index in [4.69, 9.17) is 0 Å². The fourth-order valence-corrected chi connectivity index (χ4v) is 4.20. The minimum Gasteiger partial charge on any atom is -0.296 e. The highest BCUT2D eigenvalue weighted by atomic mass is 16.2. The van der Waals surface area contributed by atoms with Crippen molar-refractivity contribution in [1.82, 2.24) is 5.32 Å². The smallest absolute Gasteiger partial charge is 0.230 e. The standard InChI is InChI=1S/C19H33NO2/c1-13(2)6-4-7-14(3)8-5-9-15-10-11-16-17(12-15)19(22)20-18(16)21/h13-17H,4-12H2,1-3H3,(H,20,21,22). The Kier molecular flexibility index (Phi) is 6.46. The van der Waals surface area contributed by atoms with Crippen LogP contribution in [0.2, 0.25) is 0 Å². The molecule has 1 saturated heterocycles. The zero-order valence-electron chi connectivity index (χ0n) is 14.6. The lowest BCUT2D eigenvalue weighted by molar-refractivity contribution is -0.126. The number of amides is 2. The van der Waals surface area contributed by atoms with Crippen molar-refractivity contribution in [2.45, 2.75) is 78.6 Å². The second-order valence-electron chi connectivity index (χ2n) is 8.11. The molecule has 2 aliphatic rings. The van der Waals surface area contributed by atoms with E-state index in [1.807, 2.05) is 0 Å². The summed E-state index contributed by atoms with van der Waals surface area (Å²) in [6.45, 7) is 6.97. The number of hydrogen-bond donors (Lipinski definition) is 1. The molecule has 4 unspecified atom stereocenters. The van der Waals surface area contributed by atoms with Crippen LogP contribution in [0.25, 0.3) is 0 Å². The van der Waals surface area contributed by atoms with Gasteiger partial charge in [0.25, 0.3) is 0 Å². The molecule has 0 spiro atoms. The summed E-state index contributed by atoms with van der Waals surface area (Å²) in [5, 5.41) is 2.51. The van der Waals surface area contributed by atoms with Crippen LogP contribution in [0.4, 0.5) is 0 Å². The SMILES string of the molecule is CC(C)CCCC(C)CCCC1CCC2C(=O)NC(=O)C2C1. The zero-order valence-corrected chi connectivity index (χ0v) is 14.6. The zero-order chi connectivity index (χ0) is 16.1. The van der Waals surface area contributed by atoms with Crippen LogP contribution in [0.15, 0.2) is 0 Å². The third-order valence-corrected chi connectivity index (χ3v) is 5.67. The van der Waals surface area contributed by atoms with E-state index in [0.717, 1.165) is 31.1 Å². The summed E-state index contributed by atoms with van der Waals surface area (Å²) in [6.07, 6.45) is 10.9. The predicted octanol–water partition coefficient (Wildman–Crippen LogP) is 4.31. The van der Waals surface area contributed by atoms with Crippen LogP contribution in [0, 0.1) is 29.6 Å². The summed E-state index contributed by atoms with van der Waals surface area (Å²) in [5.74, 6) is 2.23. The van der Waals surface area contributed by atoms with Gasteiger partial charge in [-0.1, -0.05) is 59.3 Å². The molecule has 1 N–H and O–H groups in total. The van der Waals surface area contributed by atoms with Crippen LogP contribution < -0.4 is 5.32 Å². The molecular formula is C19H33NO2. The Bertz CT molecular complexity index is 391. The van der Waals surface area contributed by atoms with Gasteiger partial charge in [-0.05, 0) is 37.0 Å². The van der Waals surface area contributed by atoms with Crippen molar-refractivity contribution in [3.63, 3.8) is 0 Å². The first kappa shape index (κ1) is 17.5. The Labute approximate surface area is 135 Å². The molecule has 2 amide bonds. The summed E-state index contributed by atoms with van der Waals surface area (Å²) < 4.78 is 0. The Hall–Kier alpha value is -0.860. The second kappa shape index (κ2) is 8.12. The van der Waals surface area contributed by atoms with Crippen LogP contribution in [0.3, 0.4) is 0 Å². The van der Waals surface area contributed by atoms with E-state index in [1.165, 1.54) is 38.5 Å². The third kappa shape index (κ3) is 4.82. The van der Waals surface area contributed by atoms with Gasteiger partial charge >= 0.3 is 0 Å². The van der Waals surface area contributed by atoms with Crippen LogP contribution in [-0.2, 0) is 9.59 Å². The van der Waals surface area contributed by atoms with Gasteiger partial charge in [0.15, 0.2) is 0 Å². The summed E-state index contributed by atoms with van der Waals surface area (Å²) in [6, 6.07) is 0. The Morgan fingerprint density at radius 3 is 2.36 bits per heavy atom. The van der Waals surface area contributed by atoms with E-state index in [9.17, 15) is 9.59 Å². The van der Waals surface area contributed by atoms with Gasteiger partial charge in [-0.25, -0.2) is 0 Å². The van der Waals surface area contributed by atoms with Crippen LogP contribution in [-0.4, -0.2) is 11.8 Å². The highest BCUT2D eigenvalue weighted by Gasteiger charge is 2.44. The Balaban J connectivity index is 1.62. The van der Waals surface area contributed by atoms with Crippen LogP contribution in [0.5, 0.6) is 0 Å². The molecule has 22 heavy (non-hydrogen) atoms. The molecular weight excluding hydrogens is 274 g/mol. The van der Waals surface area contributed by atoms with Crippen molar-refractivity contribution < 1.29 is 9.59 Å². The van der Waals surface area contributed by atoms with Gasteiger partial charge in [0.1, 0.15) is 0 Å². The number of carbonyl (C=O) groups excluding carboxylic acids is 2. The van der Waals surface area contributed by atoms with Gasteiger partial charge in [-0.15, -0.1) is 0 Å². The van der Waals surface area contributed by atoms with E-state index < -0.39 is 0 Å². The van der Waals surface area contributed by atoms with E-state index in [0.29, 0.717) is 5.92 Å². The lowest BCUT2D eigenvalue weighted by Gasteiger charge is -2.29. The van der Waals surface area contributed by atoms with Gasteiger partial charge in [0, 0.05) is 5.92 Å². The highest BCUT2D eigenvalue weighted by molar-refractivity contribution is 6.05. The first-order chi connectivity index (χ1) is 10.5. The fourth-order valence-electron chi connectivity index (χ4n) is 4.20. The summed E-state index contributed by atoms with van der Waals surface area (Å²) in [4.78, 5) is 23.4. The van der Waals surface area contributed by atoms with E-state index in [-0.39, 0.29) is 23.7 Å². The Morgan fingerprint density at radius 2 is 1.64 bits per heavy atom. The topological polar surface area (TPSA) is 46.2 Å². The van der Waals surface area contributed by atoms with Crippen molar-refractivity contribution in [3.05, 3.63) is 0 Å². The molecule has 3 heteroatoms. The number of nitrogens with one attached hydrogen (secondary N) is 1. The molecule has 0 aromatic heterocycles. The molecule has 3 nitrogen and oxygen atoms in total. The molecule has 1 saturated carbocycles. The van der Waals surface area contributed by atoms with E-state index >= 15 is 0 Å².